The van der Waals surface area contributed by atoms with Gasteiger partial charge in [0.05, 0.1) is 16.6 Å². The van der Waals surface area contributed by atoms with Crippen LogP contribution in [0, 0.1) is 0 Å². The standard InChI is InChI=1S/C43H30N2/c1-3-11-30(12-4-1)31-17-21-34(22-18-31)44-39-16-8-7-15-36(39)37-27-32(19-23-40(37)44)33-20-24-41-38(28-33)42-25-9-10-26-43(42,29-42)45(41)35-13-5-2-6-14-35/h1-28H,29H2. The van der Waals surface area contributed by atoms with Crippen molar-refractivity contribution < 1.29 is 0 Å². The molecule has 1 aliphatic heterocycles. The van der Waals surface area contributed by atoms with Crippen LogP contribution in [0.2, 0.25) is 0 Å². The average Bonchev–Trinajstić information content (AvgIpc) is 3.61. The summed E-state index contributed by atoms with van der Waals surface area (Å²) in [4.78, 5) is 2.58. The zero-order chi connectivity index (χ0) is 29.6. The maximum Gasteiger partial charge on any atom is 0.0782 e. The van der Waals surface area contributed by atoms with Gasteiger partial charge in [0.25, 0.3) is 0 Å². The van der Waals surface area contributed by atoms with Crippen LogP contribution >= 0.6 is 0 Å². The monoisotopic (exact) mass is 574 g/mol. The lowest BCUT2D eigenvalue weighted by Gasteiger charge is -2.30. The van der Waals surface area contributed by atoms with Gasteiger partial charge in [0.2, 0.25) is 0 Å². The first kappa shape index (κ1) is 24.8. The first-order valence-corrected chi connectivity index (χ1v) is 15.8. The van der Waals surface area contributed by atoms with E-state index in [1.165, 1.54) is 66.7 Å². The fourth-order valence-corrected chi connectivity index (χ4v) is 8.29. The molecule has 1 saturated carbocycles. The summed E-state index contributed by atoms with van der Waals surface area (Å²) in [7, 11) is 0. The number of aromatic nitrogens is 1. The summed E-state index contributed by atoms with van der Waals surface area (Å²) in [6.45, 7) is 0. The summed E-state index contributed by atoms with van der Waals surface area (Å²) in [5.74, 6) is 0. The van der Waals surface area contributed by atoms with Crippen LogP contribution in [0.5, 0.6) is 0 Å². The highest BCUT2D eigenvalue weighted by Crippen LogP contribution is 2.73. The minimum absolute atomic E-state index is 0.00248. The van der Waals surface area contributed by atoms with Gasteiger partial charge in [-0.2, -0.15) is 0 Å². The second-order valence-corrected chi connectivity index (χ2v) is 12.7. The lowest BCUT2D eigenvalue weighted by atomic mass is 9.88. The number of fused-ring (bicyclic) bond motifs is 4. The summed E-state index contributed by atoms with van der Waals surface area (Å²) < 4.78 is 2.40. The fraction of sp³-hybridized carbons (Fsp3) is 0.0698. The van der Waals surface area contributed by atoms with Gasteiger partial charge < -0.3 is 9.47 Å². The van der Waals surface area contributed by atoms with E-state index in [1.54, 1.807) is 0 Å². The highest BCUT2D eigenvalue weighted by atomic mass is 15.3. The highest BCUT2D eigenvalue weighted by Gasteiger charge is 2.74. The molecule has 10 rings (SSSR count). The Bertz CT molecular complexity index is 2340. The molecular formula is C43H30N2. The van der Waals surface area contributed by atoms with Crippen LogP contribution in [0.25, 0.3) is 49.7 Å². The first-order chi connectivity index (χ1) is 22.3. The van der Waals surface area contributed by atoms with Crippen molar-refractivity contribution in [3.05, 3.63) is 175 Å². The summed E-state index contributed by atoms with van der Waals surface area (Å²) in [6, 6.07) is 53.3. The molecule has 0 radical (unpaired) electrons. The van der Waals surface area contributed by atoms with E-state index in [4.69, 9.17) is 0 Å². The molecule has 0 amide bonds. The molecule has 1 fully saturated rings. The molecule has 2 unspecified atom stereocenters. The summed E-state index contributed by atoms with van der Waals surface area (Å²) in [5, 5.41) is 2.55. The number of hydrogen-bond donors (Lipinski definition) is 0. The summed E-state index contributed by atoms with van der Waals surface area (Å²) in [5.41, 5.74) is 12.7. The van der Waals surface area contributed by atoms with Crippen LogP contribution in [0.15, 0.2) is 170 Å². The van der Waals surface area contributed by atoms with Crippen molar-refractivity contribution in [3.8, 4) is 27.9 Å². The fourth-order valence-electron chi connectivity index (χ4n) is 8.29. The number of anilines is 2. The number of rotatable bonds is 4. The molecule has 2 atom stereocenters. The average molecular weight is 575 g/mol. The van der Waals surface area contributed by atoms with Crippen LogP contribution in [0.3, 0.4) is 0 Å². The van der Waals surface area contributed by atoms with Gasteiger partial charge in [0, 0.05) is 33.2 Å². The number of benzene rings is 6. The van der Waals surface area contributed by atoms with Crippen LogP contribution in [0.4, 0.5) is 11.4 Å². The molecule has 3 aliphatic rings. The van der Waals surface area contributed by atoms with Crippen molar-refractivity contribution in [2.75, 3.05) is 4.90 Å². The number of nitrogens with zero attached hydrogens (tertiary/aromatic N) is 2. The topological polar surface area (TPSA) is 8.17 Å². The van der Waals surface area contributed by atoms with Crippen LogP contribution < -0.4 is 4.90 Å². The molecule has 6 aromatic carbocycles. The summed E-state index contributed by atoms with van der Waals surface area (Å²) in [6.07, 6.45) is 10.5. The third kappa shape index (κ3) is 3.34. The van der Waals surface area contributed by atoms with Gasteiger partial charge >= 0.3 is 0 Å². The molecule has 0 N–H and O–H groups in total. The highest BCUT2D eigenvalue weighted by molar-refractivity contribution is 6.10. The van der Waals surface area contributed by atoms with Crippen LogP contribution in [0.1, 0.15) is 12.0 Å². The van der Waals surface area contributed by atoms with E-state index in [-0.39, 0.29) is 11.0 Å². The van der Waals surface area contributed by atoms with Gasteiger partial charge in [0.15, 0.2) is 0 Å². The molecule has 2 heteroatoms. The van der Waals surface area contributed by atoms with E-state index in [1.807, 2.05) is 0 Å². The second-order valence-electron chi connectivity index (χ2n) is 12.7. The van der Waals surface area contributed by atoms with Crippen molar-refractivity contribution in [3.63, 3.8) is 0 Å². The van der Waals surface area contributed by atoms with E-state index in [0.717, 1.165) is 6.42 Å². The molecule has 0 saturated heterocycles. The van der Waals surface area contributed by atoms with E-state index >= 15 is 0 Å². The summed E-state index contributed by atoms with van der Waals surface area (Å²) >= 11 is 0. The Hall–Kier alpha value is -5.60. The van der Waals surface area contributed by atoms with Crippen LogP contribution in [-0.4, -0.2) is 10.1 Å². The van der Waals surface area contributed by atoms with Crippen molar-refractivity contribution >= 4 is 33.2 Å². The third-order valence-corrected chi connectivity index (χ3v) is 10.4. The molecule has 1 aromatic heterocycles. The predicted molar refractivity (Wildman–Crippen MR) is 188 cm³/mol. The van der Waals surface area contributed by atoms with Crippen molar-refractivity contribution in [2.24, 2.45) is 0 Å². The number of para-hydroxylation sites is 2. The van der Waals surface area contributed by atoms with E-state index in [9.17, 15) is 0 Å². The predicted octanol–water partition coefficient (Wildman–Crippen LogP) is 10.8. The Morgan fingerprint density at radius 3 is 1.96 bits per heavy atom. The third-order valence-electron chi connectivity index (χ3n) is 10.4. The van der Waals surface area contributed by atoms with Gasteiger partial charge in [-0.15, -0.1) is 0 Å². The van der Waals surface area contributed by atoms with E-state index in [2.05, 4.69) is 179 Å². The smallest absolute Gasteiger partial charge is 0.0782 e. The minimum atomic E-state index is -0.00248. The van der Waals surface area contributed by atoms with Crippen molar-refractivity contribution in [1.29, 1.82) is 0 Å². The lowest BCUT2D eigenvalue weighted by molar-refractivity contribution is 0.740. The van der Waals surface area contributed by atoms with Crippen molar-refractivity contribution in [1.82, 2.24) is 4.57 Å². The van der Waals surface area contributed by atoms with Gasteiger partial charge in [-0.1, -0.05) is 115 Å². The minimum Gasteiger partial charge on any atom is -0.330 e. The van der Waals surface area contributed by atoms with Gasteiger partial charge in [-0.05, 0) is 88.8 Å². The molecule has 45 heavy (non-hydrogen) atoms. The van der Waals surface area contributed by atoms with Gasteiger partial charge in [-0.25, -0.2) is 0 Å². The Kier molecular flexibility index (Phi) is 4.94. The molecule has 2 aliphatic carbocycles. The largest absolute Gasteiger partial charge is 0.330 e. The van der Waals surface area contributed by atoms with E-state index in [0.29, 0.717) is 0 Å². The molecule has 7 aromatic rings. The Labute approximate surface area is 262 Å². The zero-order valence-corrected chi connectivity index (χ0v) is 24.8. The maximum atomic E-state index is 2.58. The molecule has 0 spiro atoms. The van der Waals surface area contributed by atoms with Gasteiger partial charge in [0.1, 0.15) is 0 Å². The van der Waals surface area contributed by atoms with Crippen molar-refractivity contribution in [2.45, 2.75) is 17.4 Å². The molecule has 2 heterocycles. The molecule has 212 valence electrons. The molecular weight excluding hydrogens is 544 g/mol. The Morgan fingerprint density at radius 2 is 1.11 bits per heavy atom. The molecule has 2 nitrogen and oxygen atoms in total. The lowest BCUT2D eigenvalue weighted by Crippen LogP contribution is -2.33. The second kappa shape index (κ2) is 8.97. The normalized spacial score (nSPS) is 20.8. The Balaban J connectivity index is 1.10. The Morgan fingerprint density at radius 1 is 0.467 bits per heavy atom. The number of hydrogen-bond acceptors (Lipinski definition) is 1. The first-order valence-electron chi connectivity index (χ1n) is 15.8. The zero-order valence-electron chi connectivity index (χ0n) is 24.8. The maximum absolute atomic E-state index is 2.58. The number of allylic oxidation sites excluding steroid dienone is 2. The molecule has 0 bridgehead atoms. The van der Waals surface area contributed by atoms with Crippen LogP contribution in [-0.2, 0) is 5.41 Å². The van der Waals surface area contributed by atoms with E-state index < -0.39 is 0 Å². The quantitative estimate of drug-likeness (QED) is 0.203. The SMILES string of the molecule is C1=CC23CC2(C=C1)N(c1ccccc1)c1ccc(-c2ccc4c(c2)c2ccccc2n4-c2ccc(-c4ccccc4)cc2)cc13. The van der Waals surface area contributed by atoms with Gasteiger partial charge in [-0.3, -0.25) is 0 Å².